The van der Waals surface area contributed by atoms with Crippen LogP contribution in [-0.2, 0) is 0 Å². The molecule has 2 aliphatic carbocycles. The van der Waals surface area contributed by atoms with Crippen LogP contribution in [0.25, 0.3) is 0 Å². The van der Waals surface area contributed by atoms with Crippen molar-refractivity contribution in [2.24, 2.45) is 5.92 Å². The number of likely N-dealkylation sites (tertiary alicyclic amines) is 1. The average Bonchev–Trinajstić information content (AvgIpc) is 3.02. The molecule has 4 unspecified atom stereocenters. The molecule has 0 spiro atoms. The standard InChI is InChI=1S/C17H32N2O/c1-13(2)18-17(12-20)9-7-15(11-17)19-10-8-14-5-3-4-6-16(14)19/h13-16,18,20H,3-12H2,1-2H3. The van der Waals surface area contributed by atoms with Crippen LogP contribution in [0, 0.1) is 5.92 Å². The Balaban J connectivity index is 1.64. The van der Waals surface area contributed by atoms with Crippen LogP contribution in [0.15, 0.2) is 0 Å². The summed E-state index contributed by atoms with van der Waals surface area (Å²) in [6, 6.07) is 2.03. The summed E-state index contributed by atoms with van der Waals surface area (Å²) < 4.78 is 0. The zero-order valence-electron chi connectivity index (χ0n) is 13.3. The van der Waals surface area contributed by atoms with Crippen LogP contribution in [0.5, 0.6) is 0 Å². The van der Waals surface area contributed by atoms with Crippen LogP contribution < -0.4 is 5.32 Å². The van der Waals surface area contributed by atoms with Gasteiger partial charge in [0.05, 0.1) is 6.61 Å². The number of fused-ring (bicyclic) bond motifs is 1. The van der Waals surface area contributed by atoms with Crippen molar-refractivity contribution in [3.63, 3.8) is 0 Å². The number of rotatable bonds is 4. The molecule has 3 nitrogen and oxygen atoms in total. The minimum absolute atomic E-state index is 0.00835. The lowest BCUT2D eigenvalue weighted by Crippen LogP contribution is -2.51. The van der Waals surface area contributed by atoms with Gasteiger partial charge in [0.25, 0.3) is 0 Å². The summed E-state index contributed by atoms with van der Waals surface area (Å²) in [6.07, 6.45) is 10.7. The lowest BCUT2D eigenvalue weighted by atomic mass is 9.85. The maximum atomic E-state index is 9.88. The third-order valence-corrected chi connectivity index (χ3v) is 6.00. The van der Waals surface area contributed by atoms with Gasteiger partial charge in [0.1, 0.15) is 0 Å². The highest BCUT2D eigenvalue weighted by molar-refractivity contribution is 5.03. The summed E-state index contributed by atoms with van der Waals surface area (Å²) in [7, 11) is 0. The van der Waals surface area contributed by atoms with Crippen LogP contribution in [0.1, 0.15) is 65.2 Å². The number of aliphatic hydroxyl groups excluding tert-OH is 1. The molecule has 1 aliphatic heterocycles. The van der Waals surface area contributed by atoms with Crippen molar-refractivity contribution in [1.82, 2.24) is 10.2 Å². The molecule has 0 aromatic heterocycles. The molecule has 0 aromatic rings. The van der Waals surface area contributed by atoms with Crippen LogP contribution in [0.4, 0.5) is 0 Å². The predicted octanol–water partition coefficient (Wildman–Crippen LogP) is 2.53. The fourth-order valence-electron chi connectivity index (χ4n) is 5.21. The summed E-state index contributed by atoms with van der Waals surface area (Å²) in [5.74, 6) is 0.978. The zero-order valence-corrected chi connectivity index (χ0v) is 13.3. The molecule has 116 valence electrons. The molecule has 0 bridgehead atoms. The second kappa shape index (κ2) is 5.94. The lowest BCUT2D eigenvalue weighted by Gasteiger charge is -2.37. The SMILES string of the molecule is CC(C)NC1(CO)CCC(N2CCC3CCCCC32)C1. The molecule has 4 atom stereocenters. The highest BCUT2D eigenvalue weighted by Crippen LogP contribution is 2.42. The summed E-state index contributed by atoms with van der Waals surface area (Å²) in [4.78, 5) is 2.82. The molecular formula is C17H32N2O. The fraction of sp³-hybridized carbons (Fsp3) is 1.00. The Labute approximate surface area is 124 Å². The molecule has 3 heteroatoms. The van der Waals surface area contributed by atoms with E-state index in [0.29, 0.717) is 18.7 Å². The van der Waals surface area contributed by atoms with E-state index in [9.17, 15) is 5.11 Å². The molecule has 0 radical (unpaired) electrons. The predicted molar refractivity (Wildman–Crippen MR) is 82.8 cm³/mol. The summed E-state index contributed by atoms with van der Waals surface area (Å²) in [5, 5.41) is 13.5. The first-order valence-corrected chi connectivity index (χ1v) is 8.78. The van der Waals surface area contributed by atoms with Gasteiger partial charge in [0.15, 0.2) is 0 Å². The fourth-order valence-corrected chi connectivity index (χ4v) is 5.21. The zero-order chi connectivity index (χ0) is 14.2. The topological polar surface area (TPSA) is 35.5 Å². The van der Waals surface area contributed by atoms with Gasteiger partial charge in [-0.25, -0.2) is 0 Å². The monoisotopic (exact) mass is 280 g/mol. The van der Waals surface area contributed by atoms with Crippen LogP contribution >= 0.6 is 0 Å². The maximum absolute atomic E-state index is 9.88. The van der Waals surface area contributed by atoms with Crippen molar-refractivity contribution in [1.29, 1.82) is 0 Å². The van der Waals surface area contributed by atoms with Crippen molar-refractivity contribution in [3.05, 3.63) is 0 Å². The van der Waals surface area contributed by atoms with Gasteiger partial charge < -0.3 is 10.4 Å². The van der Waals surface area contributed by atoms with Crippen molar-refractivity contribution >= 4 is 0 Å². The van der Waals surface area contributed by atoms with E-state index in [0.717, 1.165) is 24.8 Å². The average molecular weight is 280 g/mol. The molecule has 3 fully saturated rings. The van der Waals surface area contributed by atoms with E-state index >= 15 is 0 Å². The first-order chi connectivity index (χ1) is 9.63. The van der Waals surface area contributed by atoms with Crippen LogP contribution in [0.3, 0.4) is 0 Å². The third kappa shape index (κ3) is 2.77. The lowest BCUT2D eigenvalue weighted by molar-refractivity contribution is 0.111. The molecule has 0 amide bonds. The van der Waals surface area contributed by atoms with E-state index < -0.39 is 0 Å². The summed E-state index contributed by atoms with van der Waals surface area (Å²) in [6.45, 7) is 5.99. The van der Waals surface area contributed by atoms with Gasteiger partial charge >= 0.3 is 0 Å². The normalized spacial score (nSPS) is 42.3. The van der Waals surface area contributed by atoms with Crippen molar-refractivity contribution in [3.8, 4) is 0 Å². The minimum Gasteiger partial charge on any atom is -0.394 e. The number of hydrogen-bond acceptors (Lipinski definition) is 3. The largest absolute Gasteiger partial charge is 0.394 e. The number of nitrogens with zero attached hydrogens (tertiary/aromatic N) is 1. The number of hydrogen-bond donors (Lipinski definition) is 2. The molecule has 3 rings (SSSR count). The quantitative estimate of drug-likeness (QED) is 0.830. The van der Waals surface area contributed by atoms with Crippen molar-refractivity contribution in [2.45, 2.75) is 88.9 Å². The molecule has 1 heterocycles. The minimum atomic E-state index is -0.00835. The van der Waals surface area contributed by atoms with Gasteiger partial charge in [0.2, 0.25) is 0 Å². The van der Waals surface area contributed by atoms with E-state index in [4.69, 9.17) is 0 Å². The highest BCUT2D eigenvalue weighted by Gasteiger charge is 2.46. The Kier molecular flexibility index (Phi) is 4.40. The Morgan fingerprint density at radius 1 is 1.20 bits per heavy atom. The van der Waals surface area contributed by atoms with Crippen molar-refractivity contribution < 1.29 is 5.11 Å². The maximum Gasteiger partial charge on any atom is 0.0614 e. The molecule has 0 aromatic carbocycles. The Hall–Kier alpha value is -0.120. The molecule has 3 aliphatic rings. The molecular weight excluding hydrogens is 248 g/mol. The number of nitrogens with one attached hydrogen (secondary N) is 1. The summed E-state index contributed by atoms with van der Waals surface area (Å²) >= 11 is 0. The van der Waals surface area contributed by atoms with E-state index in [-0.39, 0.29) is 5.54 Å². The second-order valence-corrected chi connectivity index (χ2v) is 7.77. The van der Waals surface area contributed by atoms with Gasteiger partial charge in [-0.15, -0.1) is 0 Å². The first kappa shape index (κ1) is 14.8. The van der Waals surface area contributed by atoms with Gasteiger partial charge in [-0.3, -0.25) is 4.90 Å². The Morgan fingerprint density at radius 3 is 2.75 bits per heavy atom. The summed E-state index contributed by atoms with van der Waals surface area (Å²) in [5.41, 5.74) is -0.00835. The van der Waals surface area contributed by atoms with Crippen LogP contribution in [0.2, 0.25) is 0 Å². The highest BCUT2D eigenvalue weighted by atomic mass is 16.3. The Morgan fingerprint density at radius 2 is 2.00 bits per heavy atom. The van der Waals surface area contributed by atoms with Crippen molar-refractivity contribution in [2.75, 3.05) is 13.2 Å². The van der Waals surface area contributed by atoms with E-state index in [2.05, 4.69) is 24.1 Å². The first-order valence-electron chi connectivity index (χ1n) is 8.78. The second-order valence-electron chi connectivity index (χ2n) is 7.77. The third-order valence-electron chi connectivity index (χ3n) is 6.00. The molecule has 2 saturated carbocycles. The smallest absolute Gasteiger partial charge is 0.0614 e. The molecule has 1 saturated heterocycles. The van der Waals surface area contributed by atoms with E-state index in [1.807, 2.05) is 0 Å². The van der Waals surface area contributed by atoms with E-state index in [1.165, 1.54) is 45.1 Å². The van der Waals surface area contributed by atoms with Crippen LogP contribution in [-0.4, -0.2) is 46.8 Å². The molecule has 20 heavy (non-hydrogen) atoms. The Bertz CT molecular complexity index is 333. The van der Waals surface area contributed by atoms with Gasteiger partial charge in [-0.1, -0.05) is 26.7 Å². The van der Waals surface area contributed by atoms with Gasteiger partial charge in [-0.05, 0) is 51.0 Å². The van der Waals surface area contributed by atoms with Gasteiger partial charge in [-0.2, -0.15) is 0 Å². The molecule has 2 N–H and O–H groups in total. The van der Waals surface area contributed by atoms with E-state index in [1.54, 1.807) is 0 Å². The van der Waals surface area contributed by atoms with Gasteiger partial charge in [0, 0.05) is 23.7 Å². The number of aliphatic hydroxyl groups is 1.